The van der Waals surface area contributed by atoms with E-state index >= 15 is 0 Å². The molecular formula is C14H17N3O3S2. The summed E-state index contributed by atoms with van der Waals surface area (Å²) in [5.74, 6) is 0.838. The summed E-state index contributed by atoms with van der Waals surface area (Å²) < 4.78 is 28.6. The van der Waals surface area contributed by atoms with Gasteiger partial charge < -0.3 is 10.1 Å². The summed E-state index contributed by atoms with van der Waals surface area (Å²) in [6, 6.07) is 9.79. The van der Waals surface area contributed by atoms with Crippen LogP contribution in [0.1, 0.15) is 19.3 Å². The monoisotopic (exact) mass is 339 g/mol. The van der Waals surface area contributed by atoms with E-state index in [9.17, 15) is 8.42 Å². The molecule has 1 aromatic carbocycles. The Balaban J connectivity index is 1.67. The highest BCUT2D eigenvalue weighted by Gasteiger charge is 2.30. The fourth-order valence-corrected chi connectivity index (χ4v) is 4.03. The van der Waals surface area contributed by atoms with Gasteiger partial charge in [0.25, 0.3) is 0 Å². The van der Waals surface area contributed by atoms with Crippen molar-refractivity contribution >= 4 is 26.5 Å². The molecule has 0 bridgehead atoms. The summed E-state index contributed by atoms with van der Waals surface area (Å²) in [5, 5.41) is 8.92. The molecule has 1 fully saturated rings. The van der Waals surface area contributed by atoms with E-state index in [0.29, 0.717) is 5.13 Å². The summed E-state index contributed by atoms with van der Waals surface area (Å²) in [7, 11) is -3.69. The molecular weight excluding hydrogens is 322 g/mol. The number of benzene rings is 1. The zero-order chi connectivity index (χ0) is 15.6. The first-order chi connectivity index (χ1) is 10.5. The third kappa shape index (κ3) is 3.57. The van der Waals surface area contributed by atoms with Crippen molar-refractivity contribution in [3.05, 3.63) is 36.5 Å². The number of anilines is 1. The maximum absolute atomic E-state index is 11.3. The maximum atomic E-state index is 11.3. The lowest BCUT2D eigenvalue weighted by Gasteiger charge is -2.22. The van der Waals surface area contributed by atoms with Gasteiger partial charge in [0.05, 0.1) is 12.2 Å². The van der Waals surface area contributed by atoms with Gasteiger partial charge in [-0.3, -0.25) is 0 Å². The lowest BCUT2D eigenvalue weighted by molar-refractivity contribution is 0.198. The Kier molecular flexibility index (Phi) is 4.32. The minimum Gasteiger partial charge on any atom is -0.488 e. The van der Waals surface area contributed by atoms with Crippen LogP contribution in [0.2, 0.25) is 0 Å². The first-order valence-electron chi connectivity index (χ1n) is 6.99. The van der Waals surface area contributed by atoms with Crippen molar-refractivity contribution in [2.45, 2.75) is 35.6 Å². The molecule has 2 aromatic rings. The van der Waals surface area contributed by atoms with Gasteiger partial charge in [-0.1, -0.05) is 29.5 Å². The van der Waals surface area contributed by atoms with Crippen molar-refractivity contribution in [3.8, 4) is 5.75 Å². The highest BCUT2D eigenvalue weighted by atomic mass is 32.2. The first kappa shape index (κ1) is 15.3. The molecule has 0 amide bonds. The summed E-state index contributed by atoms with van der Waals surface area (Å²) >= 11 is 1.04. The maximum Gasteiger partial charge on any atom is 0.249 e. The number of rotatable bonds is 5. The quantitative estimate of drug-likeness (QED) is 0.871. The lowest BCUT2D eigenvalue weighted by Crippen LogP contribution is -2.32. The van der Waals surface area contributed by atoms with Gasteiger partial charge >= 0.3 is 0 Å². The van der Waals surface area contributed by atoms with Crippen LogP contribution in [0.5, 0.6) is 5.75 Å². The van der Waals surface area contributed by atoms with Gasteiger partial charge in [0.1, 0.15) is 11.9 Å². The number of nitrogens with two attached hydrogens (primary N) is 1. The van der Waals surface area contributed by atoms with Crippen molar-refractivity contribution < 1.29 is 13.2 Å². The second-order valence-electron chi connectivity index (χ2n) is 5.18. The molecule has 1 aromatic heterocycles. The van der Waals surface area contributed by atoms with E-state index in [-0.39, 0.29) is 16.4 Å². The average Bonchev–Trinajstić information content (AvgIpc) is 3.10. The number of primary sulfonamides is 1. The molecule has 118 valence electrons. The van der Waals surface area contributed by atoms with Gasteiger partial charge in [0, 0.05) is 0 Å². The van der Waals surface area contributed by atoms with Crippen molar-refractivity contribution in [3.63, 3.8) is 0 Å². The molecule has 1 aliphatic rings. The molecule has 3 rings (SSSR count). The fraction of sp³-hybridized carbons (Fsp3) is 0.357. The largest absolute Gasteiger partial charge is 0.488 e. The van der Waals surface area contributed by atoms with Crippen molar-refractivity contribution in [2.75, 3.05) is 5.32 Å². The molecule has 0 saturated heterocycles. The van der Waals surface area contributed by atoms with Gasteiger partial charge in [-0.2, -0.15) is 0 Å². The zero-order valence-corrected chi connectivity index (χ0v) is 13.4. The molecule has 0 radical (unpaired) electrons. The summed E-state index contributed by atoms with van der Waals surface area (Å²) in [5.41, 5.74) is 0. The van der Waals surface area contributed by atoms with E-state index in [1.165, 1.54) is 6.20 Å². The van der Waals surface area contributed by atoms with Gasteiger partial charge in [-0.15, -0.1) is 0 Å². The van der Waals surface area contributed by atoms with Crippen LogP contribution in [0.4, 0.5) is 5.13 Å². The average molecular weight is 339 g/mol. The van der Waals surface area contributed by atoms with E-state index in [1.54, 1.807) is 0 Å². The van der Waals surface area contributed by atoms with Crippen LogP contribution in [-0.4, -0.2) is 25.5 Å². The van der Waals surface area contributed by atoms with Gasteiger partial charge in [0.15, 0.2) is 9.34 Å². The van der Waals surface area contributed by atoms with Crippen LogP contribution in [0.25, 0.3) is 0 Å². The molecule has 3 N–H and O–H groups in total. The molecule has 1 saturated carbocycles. The first-order valence-corrected chi connectivity index (χ1v) is 9.35. The van der Waals surface area contributed by atoms with E-state index in [1.807, 2.05) is 30.3 Å². The van der Waals surface area contributed by atoms with Crippen LogP contribution in [0.3, 0.4) is 0 Å². The van der Waals surface area contributed by atoms with Crippen molar-refractivity contribution in [1.29, 1.82) is 0 Å². The number of thiazole rings is 1. The fourth-order valence-electron chi connectivity index (χ4n) is 2.52. The Morgan fingerprint density at radius 2 is 2.05 bits per heavy atom. The highest BCUT2D eigenvalue weighted by Crippen LogP contribution is 2.29. The third-order valence-electron chi connectivity index (χ3n) is 3.56. The predicted molar refractivity (Wildman–Crippen MR) is 85.6 cm³/mol. The van der Waals surface area contributed by atoms with Gasteiger partial charge in [-0.05, 0) is 31.4 Å². The number of nitrogens with zero attached hydrogens (tertiary/aromatic N) is 1. The minimum absolute atomic E-state index is 0.0456. The zero-order valence-electron chi connectivity index (χ0n) is 11.8. The minimum atomic E-state index is -3.69. The Hall–Kier alpha value is -1.64. The molecule has 0 spiro atoms. The lowest BCUT2D eigenvalue weighted by atomic mass is 10.2. The SMILES string of the molecule is NS(=O)(=O)c1cnc(N[C@@H]2CCC[C@@H]2Oc2ccccc2)s1. The summed E-state index contributed by atoms with van der Waals surface area (Å²) in [4.78, 5) is 4.08. The molecule has 0 unspecified atom stereocenters. The summed E-state index contributed by atoms with van der Waals surface area (Å²) in [6.45, 7) is 0. The highest BCUT2D eigenvalue weighted by molar-refractivity contribution is 7.91. The van der Waals surface area contributed by atoms with E-state index < -0.39 is 10.0 Å². The van der Waals surface area contributed by atoms with Crippen LogP contribution in [0.15, 0.2) is 40.7 Å². The number of ether oxygens (including phenoxy) is 1. The molecule has 0 aliphatic heterocycles. The topological polar surface area (TPSA) is 94.3 Å². The van der Waals surface area contributed by atoms with Crippen LogP contribution in [0, 0.1) is 0 Å². The van der Waals surface area contributed by atoms with E-state index in [4.69, 9.17) is 9.88 Å². The second kappa shape index (κ2) is 6.23. The predicted octanol–water partition coefficient (Wildman–Crippen LogP) is 2.20. The van der Waals surface area contributed by atoms with Crippen LogP contribution < -0.4 is 15.2 Å². The van der Waals surface area contributed by atoms with Gasteiger partial charge in [0.2, 0.25) is 10.0 Å². The molecule has 8 heteroatoms. The Morgan fingerprint density at radius 1 is 1.27 bits per heavy atom. The number of aromatic nitrogens is 1. The number of hydrogen-bond donors (Lipinski definition) is 2. The number of nitrogens with one attached hydrogen (secondary N) is 1. The Morgan fingerprint density at radius 3 is 2.73 bits per heavy atom. The van der Waals surface area contributed by atoms with Crippen LogP contribution in [-0.2, 0) is 10.0 Å². The smallest absolute Gasteiger partial charge is 0.249 e. The Bertz CT molecular complexity index is 731. The molecule has 22 heavy (non-hydrogen) atoms. The Labute approximate surface area is 133 Å². The molecule has 2 atom stereocenters. The van der Waals surface area contributed by atoms with E-state index in [0.717, 1.165) is 36.3 Å². The third-order valence-corrected chi connectivity index (χ3v) is 5.89. The molecule has 1 heterocycles. The van der Waals surface area contributed by atoms with E-state index in [2.05, 4.69) is 10.3 Å². The number of hydrogen-bond acceptors (Lipinski definition) is 6. The number of para-hydroxylation sites is 1. The number of sulfonamides is 1. The standard InChI is InChI=1S/C14H17N3O3S2/c15-22(18,19)13-9-16-14(21-13)17-11-7-4-8-12(11)20-10-5-2-1-3-6-10/h1-3,5-6,9,11-12H,4,7-8H2,(H,16,17)(H2,15,18,19)/t11-,12+/m1/s1. The van der Waals surface area contributed by atoms with Crippen molar-refractivity contribution in [2.24, 2.45) is 5.14 Å². The molecule has 6 nitrogen and oxygen atoms in total. The second-order valence-corrected chi connectivity index (χ2v) is 8.00. The van der Waals surface area contributed by atoms with Crippen LogP contribution >= 0.6 is 11.3 Å². The normalized spacial score (nSPS) is 21.7. The summed E-state index contributed by atoms with van der Waals surface area (Å²) in [6.07, 6.45) is 4.30. The molecule has 1 aliphatic carbocycles. The van der Waals surface area contributed by atoms with Gasteiger partial charge in [-0.25, -0.2) is 18.5 Å². The van der Waals surface area contributed by atoms with Crippen molar-refractivity contribution in [1.82, 2.24) is 4.98 Å².